The Bertz CT molecular complexity index is 942. The van der Waals surface area contributed by atoms with E-state index in [1.54, 1.807) is 0 Å². The van der Waals surface area contributed by atoms with Gasteiger partial charge in [0.15, 0.2) is 0 Å². The van der Waals surface area contributed by atoms with E-state index in [1.807, 2.05) is 4.90 Å². The number of benzene rings is 1. The van der Waals surface area contributed by atoms with Crippen LogP contribution in [0.15, 0.2) is 33.6 Å². The van der Waals surface area contributed by atoms with Crippen LogP contribution in [0.3, 0.4) is 0 Å². The zero-order valence-electron chi connectivity index (χ0n) is 19.9. The molecule has 3 rings (SSSR count). The monoisotopic (exact) mass is 428 g/mol. The molecular formula is C25H36N2O4. The van der Waals surface area contributed by atoms with Gasteiger partial charge >= 0.3 is 6.09 Å². The van der Waals surface area contributed by atoms with Crippen molar-refractivity contribution >= 4 is 6.09 Å². The second kappa shape index (κ2) is 8.56. The Kier molecular flexibility index (Phi) is 6.40. The number of hydrogen-bond donors (Lipinski definition) is 1. The largest absolute Gasteiger partial charge is 0.453 e. The third-order valence-corrected chi connectivity index (χ3v) is 6.27. The Hall–Kier alpha value is -2.50. The highest BCUT2D eigenvalue weighted by Crippen LogP contribution is 2.35. The highest BCUT2D eigenvalue weighted by Gasteiger charge is 2.35. The third-order valence-electron chi connectivity index (χ3n) is 6.27. The molecule has 2 atom stereocenters. The molecule has 2 aromatic rings. The van der Waals surface area contributed by atoms with Crippen molar-refractivity contribution in [3.05, 3.63) is 57.1 Å². The van der Waals surface area contributed by atoms with E-state index in [0.717, 1.165) is 19.3 Å². The number of rotatable bonds is 3. The Morgan fingerprint density at radius 2 is 1.71 bits per heavy atom. The third kappa shape index (κ3) is 5.41. The van der Waals surface area contributed by atoms with E-state index in [-0.39, 0.29) is 34.4 Å². The molecule has 6 nitrogen and oxygen atoms in total. The number of likely N-dealkylation sites (tertiary alicyclic amines) is 1. The van der Waals surface area contributed by atoms with Crippen LogP contribution >= 0.6 is 0 Å². The van der Waals surface area contributed by atoms with Crippen molar-refractivity contribution in [1.29, 1.82) is 0 Å². The first-order valence-corrected chi connectivity index (χ1v) is 11.1. The number of ether oxygens (including phenoxy) is 1. The minimum Gasteiger partial charge on any atom is -0.453 e. The number of H-pyrrole nitrogens is 1. The molecular weight excluding hydrogens is 392 g/mol. The van der Waals surface area contributed by atoms with Gasteiger partial charge in [-0.1, -0.05) is 59.7 Å². The molecule has 1 N–H and O–H groups in total. The zero-order chi connectivity index (χ0) is 23.0. The fourth-order valence-corrected chi connectivity index (χ4v) is 4.31. The molecule has 1 aliphatic heterocycles. The van der Waals surface area contributed by atoms with E-state index in [9.17, 15) is 9.59 Å². The molecule has 1 aromatic heterocycles. The quantitative estimate of drug-likeness (QED) is 0.736. The number of nitrogens with one attached hydrogen (secondary N) is 1. The molecule has 31 heavy (non-hydrogen) atoms. The SMILES string of the molecule is COC(=O)N1CCC(c2cc(=O)[nH]o2)CC1Cc1cc(C(C)(C)C)cc(C(C)(C)C)c1. The molecule has 1 saturated heterocycles. The average Bonchev–Trinajstić information content (AvgIpc) is 3.12. The van der Waals surface area contributed by atoms with Crippen LogP contribution in [0.1, 0.15) is 82.8 Å². The van der Waals surface area contributed by atoms with Crippen molar-refractivity contribution in [2.24, 2.45) is 0 Å². The molecule has 2 unspecified atom stereocenters. The zero-order valence-corrected chi connectivity index (χ0v) is 19.9. The molecule has 0 saturated carbocycles. The van der Waals surface area contributed by atoms with E-state index < -0.39 is 0 Å². The molecule has 0 aliphatic carbocycles. The molecule has 6 heteroatoms. The molecule has 0 bridgehead atoms. The van der Waals surface area contributed by atoms with Crippen molar-refractivity contribution < 1.29 is 14.1 Å². The van der Waals surface area contributed by atoms with Crippen LogP contribution in [0.25, 0.3) is 0 Å². The first-order valence-electron chi connectivity index (χ1n) is 11.1. The van der Waals surface area contributed by atoms with Gasteiger partial charge in [-0.25, -0.2) is 4.79 Å². The number of piperidine rings is 1. The van der Waals surface area contributed by atoms with Gasteiger partial charge in [0.05, 0.1) is 7.11 Å². The van der Waals surface area contributed by atoms with E-state index in [1.165, 1.54) is 29.9 Å². The Morgan fingerprint density at radius 3 is 2.19 bits per heavy atom. The molecule has 0 spiro atoms. The molecule has 1 aliphatic rings. The number of methoxy groups -OCH3 is 1. The number of nitrogens with zero attached hydrogens (tertiary/aromatic N) is 1. The maximum atomic E-state index is 12.5. The van der Waals surface area contributed by atoms with Crippen molar-refractivity contribution in [1.82, 2.24) is 10.1 Å². The fourth-order valence-electron chi connectivity index (χ4n) is 4.31. The summed E-state index contributed by atoms with van der Waals surface area (Å²) in [6.07, 6.45) is 1.89. The van der Waals surface area contributed by atoms with Crippen LogP contribution < -0.4 is 5.56 Å². The molecule has 1 aromatic carbocycles. The number of aromatic nitrogens is 1. The first-order chi connectivity index (χ1) is 14.4. The Balaban J connectivity index is 1.95. The summed E-state index contributed by atoms with van der Waals surface area (Å²) >= 11 is 0. The summed E-state index contributed by atoms with van der Waals surface area (Å²) in [6.45, 7) is 13.9. The maximum Gasteiger partial charge on any atom is 0.409 e. The van der Waals surface area contributed by atoms with Gasteiger partial charge in [0.2, 0.25) is 0 Å². The smallest absolute Gasteiger partial charge is 0.409 e. The summed E-state index contributed by atoms with van der Waals surface area (Å²) in [4.78, 5) is 25.9. The number of aromatic amines is 1. The Morgan fingerprint density at radius 1 is 1.10 bits per heavy atom. The molecule has 1 amide bonds. The van der Waals surface area contributed by atoms with Crippen LogP contribution in [0.5, 0.6) is 0 Å². The van der Waals surface area contributed by atoms with Gasteiger partial charge in [-0.3, -0.25) is 4.79 Å². The predicted molar refractivity (Wildman–Crippen MR) is 122 cm³/mol. The maximum absolute atomic E-state index is 12.5. The highest BCUT2D eigenvalue weighted by atomic mass is 16.5. The summed E-state index contributed by atoms with van der Waals surface area (Å²) in [5.41, 5.74) is 3.64. The van der Waals surface area contributed by atoms with Gasteiger partial charge in [-0.2, -0.15) is 5.16 Å². The standard InChI is InChI=1S/C25H36N2O4/c1-24(2,3)18-10-16(11-19(14-18)25(4,5)6)12-20-13-17(21-15-22(28)26-31-21)8-9-27(20)23(29)30-7/h10-11,14-15,17,20H,8-9,12-13H2,1-7H3,(H,26,28). The van der Waals surface area contributed by atoms with Crippen molar-refractivity contribution in [2.75, 3.05) is 13.7 Å². The van der Waals surface area contributed by atoms with Crippen molar-refractivity contribution in [3.63, 3.8) is 0 Å². The van der Waals surface area contributed by atoms with Crippen LogP contribution in [-0.4, -0.2) is 35.8 Å². The number of hydrogen-bond acceptors (Lipinski definition) is 4. The van der Waals surface area contributed by atoms with Gasteiger partial charge in [-0.05, 0) is 46.8 Å². The topological polar surface area (TPSA) is 75.5 Å². The summed E-state index contributed by atoms with van der Waals surface area (Å²) in [6, 6.07) is 8.33. The molecule has 2 heterocycles. The lowest BCUT2D eigenvalue weighted by atomic mass is 9.78. The van der Waals surface area contributed by atoms with E-state index in [4.69, 9.17) is 9.26 Å². The van der Waals surface area contributed by atoms with E-state index in [0.29, 0.717) is 12.3 Å². The van der Waals surface area contributed by atoms with Crippen molar-refractivity contribution in [2.45, 2.75) is 83.6 Å². The first kappa shape index (κ1) is 23.2. The lowest BCUT2D eigenvalue weighted by Crippen LogP contribution is -2.46. The molecule has 1 fully saturated rings. The second-order valence-electron chi connectivity index (χ2n) is 10.8. The van der Waals surface area contributed by atoms with Crippen LogP contribution in [-0.2, 0) is 22.0 Å². The van der Waals surface area contributed by atoms with Crippen LogP contribution in [0.4, 0.5) is 4.79 Å². The summed E-state index contributed by atoms with van der Waals surface area (Å²) in [7, 11) is 1.43. The molecule has 0 radical (unpaired) electrons. The van der Waals surface area contributed by atoms with Crippen molar-refractivity contribution in [3.8, 4) is 0 Å². The van der Waals surface area contributed by atoms with Crippen LogP contribution in [0.2, 0.25) is 0 Å². The lowest BCUT2D eigenvalue weighted by Gasteiger charge is -2.38. The van der Waals surface area contributed by atoms with Gasteiger partial charge in [-0.15, -0.1) is 0 Å². The summed E-state index contributed by atoms with van der Waals surface area (Å²) < 4.78 is 10.4. The van der Waals surface area contributed by atoms with Crippen LogP contribution in [0, 0.1) is 0 Å². The Labute approximate surface area is 184 Å². The summed E-state index contributed by atoms with van der Waals surface area (Å²) in [5, 5.41) is 2.39. The van der Waals surface area contributed by atoms with Gasteiger partial charge in [0.25, 0.3) is 5.56 Å². The predicted octanol–water partition coefficient (Wildman–Crippen LogP) is 5.12. The number of amides is 1. The number of carbonyl (C=O) groups excluding carboxylic acids is 1. The lowest BCUT2D eigenvalue weighted by molar-refractivity contribution is 0.0816. The number of carbonyl (C=O) groups is 1. The second-order valence-corrected chi connectivity index (χ2v) is 10.8. The minimum absolute atomic E-state index is 0.0294. The van der Waals surface area contributed by atoms with Gasteiger partial charge < -0.3 is 14.2 Å². The average molecular weight is 429 g/mol. The van der Waals surface area contributed by atoms with E-state index >= 15 is 0 Å². The van der Waals surface area contributed by atoms with E-state index in [2.05, 4.69) is 64.9 Å². The highest BCUT2D eigenvalue weighted by molar-refractivity contribution is 5.68. The normalized spacial score (nSPS) is 20.0. The van der Waals surface area contributed by atoms with Gasteiger partial charge in [0.1, 0.15) is 5.76 Å². The molecule has 170 valence electrons. The van der Waals surface area contributed by atoms with Gasteiger partial charge in [0, 0.05) is 24.6 Å². The minimum atomic E-state index is -0.304. The fraction of sp³-hybridized carbons (Fsp3) is 0.600. The summed E-state index contributed by atoms with van der Waals surface area (Å²) in [5.74, 6) is 0.760.